The van der Waals surface area contributed by atoms with Gasteiger partial charge in [-0.2, -0.15) is 0 Å². The Morgan fingerprint density at radius 1 is 0.957 bits per heavy atom. The van der Waals surface area contributed by atoms with Crippen LogP contribution >= 0.6 is 47.8 Å². The fourth-order valence-corrected chi connectivity index (χ4v) is 12.0. The van der Waals surface area contributed by atoms with E-state index in [1.54, 1.807) is 0 Å². The fourth-order valence-electron chi connectivity index (χ4n) is 11.2. The van der Waals surface area contributed by atoms with Gasteiger partial charge in [0.1, 0.15) is 8.25 Å². The number of fused-ring (bicyclic) bond motifs is 5. The van der Waals surface area contributed by atoms with Gasteiger partial charge in [-0.15, -0.1) is 0 Å². The van der Waals surface area contributed by atoms with Crippen LogP contribution in [-0.2, 0) is 14.3 Å². The maximum Gasteiger partial charge on any atom is 0.334 e. The molecule has 46 heavy (non-hydrogen) atoms. The maximum absolute atomic E-state index is 13.2. The summed E-state index contributed by atoms with van der Waals surface area (Å²) in [5.74, 6) is 5.61. The average Bonchev–Trinajstić information content (AvgIpc) is 3.35. The van der Waals surface area contributed by atoms with E-state index in [-0.39, 0.29) is 25.5 Å². The summed E-state index contributed by atoms with van der Waals surface area (Å²) in [6, 6.07) is 10.8. The lowest BCUT2D eigenvalue weighted by atomic mass is 9.43. The summed E-state index contributed by atoms with van der Waals surface area (Å²) < 4.78 is 11.8. The first-order chi connectivity index (χ1) is 21.8. The van der Waals surface area contributed by atoms with Gasteiger partial charge in [-0.05, 0) is 122 Å². The van der Waals surface area contributed by atoms with Gasteiger partial charge in [-0.3, -0.25) is 0 Å². The van der Waals surface area contributed by atoms with E-state index in [4.69, 9.17) is 9.47 Å². The summed E-state index contributed by atoms with van der Waals surface area (Å²) in [6.45, 7) is 13.1. The molecule has 6 heteroatoms. The number of esters is 1. The van der Waals surface area contributed by atoms with Crippen LogP contribution in [-0.4, -0.2) is 20.8 Å². The monoisotopic (exact) mass is 824 g/mol. The number of carbonyl (C=O) groups is 1. The van der Waals surface area contributed by atoms with Gasteiger partial charge in [0.25, 0.3) is 0 Å². The van der Waals surface area contributed by atoms with Crippen molar-refractivity contribution in [3.05, 3.63) is 48.2 Å². The third-order valence-electron chi connectivity index (χ3n) is 13.4. The lowest BCUT2D eigenvalue weighted by Gasteiger charge is -2.62. The van der Waals surface area contributed by atoms with Crippen molar-refractivity contribution in [1.82, 2.24) is 0 Å². The highest BCUT2D eigenvalue weighted by Gasteiger charge is 2.62. The third-order valence-corrected chi connectivity index (χ3v) is 14.6. The number of alkyl halides is 3. The van der Waals surface area contributed by atoms with Crippen molar-refractivity contribution in [3.8, 4) is 0 Å². The molecule has 10 atom stereocenters. The average molecular weight is 828 g/mol. The van der Waals surface area contributed by atoms with Gasteiger partial charge in [-0.25, -0.2) is 4.79 Å². The standard InChI is InChI=1S/C40H59Br3O3/c1-27(2)11-9-12-28(3)33-17-18-34-31-16-15-30-25-32(29-13-7-6-8-14-29)36(26-39(30,5)35(31)19-22-38(33,34)4)46-37(44)20-24-45-23-10-21-40(41,42)43/h6-8,13-14,20,24,27-28,30-36H,9-12,15-19,21-23,25-26H2,1-5H3/b24-20+/t28-,30+,31+,32+,33-,34+,35+,36-,38-,39+/m1/s1. The van der Waals surface area contributed by atoms with Crippen LogP contribution in [0.2, 0.25) is 0 Å². The topological polar surface area (TPSA) is 35.5 Å². The number of benzene rings is 1. The van der Waals surface area contributed by atoms with Crippen molar-refractivity contribution in [2.24, 2.45) is 52.3 Å². The normalized spacial score (nSPS) is 36.6. The van der Waals surface area contributed by atoms with E-state index in [9.17, 15) is 4.79 Å². The molecule has 0 unspecified atom stereocenters. The fraction of sp³-hybridized carbons (Fsp3) is 0.775. The first kappa shape index (κ1) is 36.9. The molecule has 3 nitrogen and oxygen atoms in total. The van der Waals surface area contributed by atoms with Gasteiger partial charge in [0.15, 0.2) is 0 Å². The predicted molar refractivity (Wildman–Crippen MR) is 201 cm³/mol. The quantitative estimate of drug-likeness (QED) is 0.0692. The zero-order valence-electron chi connectivity index (χ0n) is 29.0. The molecule has 0 radical (unpaired) electrons. The number of halogens is 3. The van der Waals surface area contributed by atoms with E-state index in [0.29, 0.717) is 17.9 Å². The molecule has 4 aliphatic rings. The summed E-state index contributed by atoms with van der Waals surface area (Å²) >= 11 is 10.6. The van der Waals surface area contributed by atoms with Crippen molar-refractivity contribution in [3.63, 3.8) is 0 Å². The smallest absolute Gasteiger partial charge is 0.334 e. The second-order valence-electron chi connectivity index (χ2n) is 16.5. The van der Waals surface area contributed by atoms with Crippen LogP contribution in [0, 0.1) is 52.3 Å². The van der Waals surface area contributed by atoms with E-state index >= 15 is 0 Å². The highest BCUT2D eigenvalue weighted by atomic mass is 80.0. The molecule has 0 aromatic heterocycles. The zero-order valence-corrected chi connectivity index (χ0v) is 33.8. The molecule has 0 N–H and O–H groups in total. The predicted octanol–water partition coefficient (Wildman–Crippen LogP) is 12.6. The van der Waals surface area contributed by atoms with Crippen molar-refractivity contribution >= 4 is 53.8 Å². The summed E-state index contributed by atoms with van der Waals surface area (Å²) in [7, 11) is 0. The van der Waals surface area contributed by atoms with Crippen LogP contribution in [0.15, 0.2) is 42.7 Å². The molecule has 4 saturated carbocycles. The number of hydrogen-bond donors (Lipinski definition) is 0. The lowest BCUT2D eigenvalue weighted by Crippen LogP contribution is -2.56. The van der Waals surface area contributed by atoms with E-state index in [1.165, 1.54) is 75.7 Å². The minimum Gasteiger partial charge on any atom is -0.501 e. The van der Waals surface area contributed by atoms with Crippen molar-refractivity contribution in [2.75, 3.05) is 6.61 Å². The minimum absolute atomic E-state index is 0.110. The molecule has 0 saturated heterocycles. The summed E-state index contributed by atoms with van der Waals surface area (Å²) in [6.07, 6.45) is 19.2. The number of ether oxygens (including phenoxy) is 2. The second-order valence-corrected chi connectivity index (χ2v) is 23.8. The number of rotatable bonds is 12. The first-order valence-electron chi connectivity index (χ1n) is 18.4. The Labute approximate surface area is 305 Å². The van der Waals surface area contributed by atoms with E-state index < -0.39 is 0 Å². The van der Waals surface area contributed by atoms with Crippen molar-refractivity contribution in [1.29, 1.82) is 0 Å². The second kappa shape index (κ2) is 15.7. The van der Waals surface area contributed by atoms with Gasteiger partial charge in [0.2, 0.25) is 0 Å². The number of carbonyl (C=O) groups excluding carboxylic acids is 1. The van der Waals surface area contributed by atoms with E-state index in [2.05, 4.69) is 113 Å². The molecule has 258 valence electrons. The Hall–Kier alpha value is -0.330. The highest BCUT2D eigenvalue weighted by Crippen LogP contribution is 2.69. The van der Waals surface area contributed by atoms with Crippen LogP contribution < -0.4 is 0 Å². The highest BCUT2D eigenvalue weighted by molar-refractivity contribution is 9.39. The Bertz CT molecular complexity index is 1160. The molecule has 0 heterocycles. The van der Waals surface area contributed by atoms with E-state index in [0.717, 1.165) is 61.2 Å². The van der Waals surface area contributed by atoms with Gasteiger partial charge in [0.05, 0.1) is 18.9 Å². The molecule has 5 rings (SSSR count). The Morgan fingerprint density at radius 3 is 2.41 bits per heavy atom. The van der Waals surface area contributed by atoms with Crippen molar-refractivity contribution < 1.29 is 14.3 Å². The molecular weight excluding hydrogens is 768 g/mol. The summed E-state index contributed by atoms with van der Waals surface area (Å²) in [5.41, 5.74) is 2.03. The van der Waals surface area contributed by atoms with Crippen molar-refractivity contribution in [2.45, 2.75) is 132 Å². The van der Waals surface area contributed by atoms with Crippen LogP contribution in [0.1, 0.15) is 130 Å². The summed E-state index contributed by atoms with van der Waals surface area (Å²) in [4.78, 5) is 13.2. The molecule has 0 spiro atoms. The first-order valence-corrected chi connectivity index (χ1v) is 20.8. The molecule has 0 amide bonds. The SMILES string of the molecule is CC(C)CCC[C@@H](C)[C@H]1CC[C@H]2[C@@H]3CC[C@H]4C[C@@H](c5ccccc5)[C@H](OC(=O)/C=C/OCCCC(Br)(Br)Br)C[C@]4(C)[C@H]3CC[C@]12C. The Kier molecular flexibility index (Phi) is 12.6. The molecule has 4 aliphatic carbocycles. The van der Waals surface area contributed by atoms with Crippen LogP contribution in [0.5, 0.6) is 0 Å². The van der Waals surface area contributed by atoms with Gasteiger partial charge in [0, 0.05) is 5.92 Å². The Morgan fingerprint density at radius 2 is 1.70 bits per heavy atom. The summed E-state index contributed by atoms with van der Waals surface area (Å²) in [5, 5.41) is 0. The molecular formula is C40H59Br3O3. The third kappa shape index (κ3) is 8.51. The van der Waals surface area contributed by atoms with Crippen LogP contribution in [0.4, 0.5) is 0 Å². The molecule has 1 aromatic rings. The molecule has 0 aliphatic heterocycles. The zero-order chi connectivity index (χ0) is 33.1. The molecule has 0 bridgehead atoms. The Balaban J connectivity index is 1.28. The molecule has 4 fully saturated rings. The number of hydrogen-bond acceptors (Lipinski definition) is 3. The largest absolute Gasteiger partial charge is 0.501 e. The van der Waals surface area contributed by atoms with Gasteiger partial charge >= 0.3 is 5.97 Å². The van der Waals surface area contributed by atoms with Crippen LogP contribution in [0.25, 0.3) is 0 Å². The van der Waals surface area contributed by atoms with Gasteiger partial charge < -0.3 is 9.47 Å². The van der Waals surface area contributed by atoms with Gasteiger partial charge in [-0.1, -0.05) is 132 Å². The van der Waals surface area contributed by atoms with E-state index in [1.807, 2.05) is 0 Å². The minimum atomic E-state index is -0.280. The molecule has 1 aromatic carbocycles. The lowest BCUT2D eigenvalue weighted by molar-refractivity contribution is -0.164. The van der Waals surface area contributed by atoms with Crippen LogP contribution in [0.3, 0.4) is 0 Å². The maximum atomic E-state index is 13.2.